The summed E-state index contributed by atoms with van der Waals surface area (Å²) in [5, 5.41) is 5.74. The van der Waals surface area contributed by atoms with Crippen LogP contribution in [0.3, 0.4) is 0 Å². The number of benzene rings is 1. The molecule has 22 heavy (non-hydrogen) atoms. The van der Waals surface area contributed by atoms with Crippen molar-refractivity contribution in [1.29, 1.82) is 0 Å². The van der Waals surface area contributed by atoms with Crippen LogP contribution in [0.5, 0.6) is 0 Å². The Bertz CT molecular complexity index is 482. The molecular formula is C16H23N3O3. The zero-order valence-corrected chi connectivity index (χ0v) is 12.6. The molecule has 0 aromatic heterocycles. The highest BCUT2D eigenvalue weighted by atomic mass is 16.7. The maximum absolute atomic E-state index is 10.2. The molecule has 0 saturated carbocycles. The molecule has 0 bridgehead atoms. The van der Waals surface area contributed by atoms with Crippen molar-refractivity contribution in [2.24, 2.45) is 5.73 Å². The van der Waals surface area contributed by atoms with Crippen molar-refractivity contribution in [3.63, 3.8) is 0 Å². The zero-order valence-electron chi connectivity index (χ0n) is 12.6. The van der Waals surface area contributed by atoms with Gasteiger partial charge in [0.05, 0.1) is 12.3 Å². The number of nitrogens with one attached hydrogen (secondary N) is 2. The Hall–Kier alpha value is -2.05. The predicted molar refractivity (Wildman–Crippen MR) is 84.8 cm³/mol. The molecule has 6 nitrogen and oxygen atoms in total. The van der Waals surface area contributed by atoms with Crippen LogP contribution >= 0.6 is 0 Å². The summed E-state index contributed by atoms with van der Waals surface area (Å²) in [6, 6.07) is 7.73. The first-order chi connectivity index (χ1) is 10.8. The van der Waals surface area contributed by atoms with Crippen LogP contribution in [0, 0.1) is 0 Å². The normalized spacial score (nSPS) is 18.7. The van der Waals surface area contributed by atoms with E-state index in [-0.39, 0.29) is 6.29 Å². The average molecular weight is 305 g/mol. The molecule has 4 N–H and O–H groups in total. The van der Waals surface area contributed by atoms with E-state index in [0.717, 1.165) is 37.1 Å². The molecule has 1 aromatic rings. The minimum Gasteiger partial charge on any atom is -0.399 e. The van der Waals surface area contributed by atoms with E-state index < -0.39 is 0 Å². The number of hydrogen-bond donors (Lipinski definition) is 3. The van der Waals surface area contributed by atoms with E-state index >= 15 is 0 Å². The third-order valence-corrected chi connectivity index (χ3v) is 3.34. The van der Waals surface area contributed by atoms with Gasteiger partial charge in [-0.05, 0) is 37.0 Å². The first kappa shape index (κ1) is 16.3. The Kier molecular flexibility index (Phi) is 6.73. The van der Waals surface area contributed by atoms with E-state index in [1.807, 2.05) is 24.3 Å². The van der Waals surface area contributed by atoms with E-state index in [4.69, 9.17) is 15.2 Å². The van der Waals surface area contributed by atoms with Gasteiger partial charge in [0.25, 0.3) is 0 Å². The fraction of sp³-hybridized carbons (Fsp3) is 0.438. The Balaban J connectivity index is 1.73. The number of nitrogens with two attached hydrogens (primary N) is 1. The van der Waals surface area contributed by atoms with Crippen LogP contribution < -0.4 is 16.4 Å². The maximum atomic E-state index is 10.2. The lowest BCUT2D eigenvalue weighted by Gasteiger charge is -2.22. The topological polar surface area (TPSA) is 85.6 Å². The van der Waals surface area contributed by atoms with Gasteiger partial charge in [-0.1, -0.05) is 12.1 Å². The molecule has 1 aromatic carbocycles. The Morgan fingerprint density at radius 2 is 2.18 bits per heavy atom. The van der Waals surface area contributed by atoms with Crippen molar-refractivity contribution in [2.75, 3.05) is 18.5 Å². The fourth-order valence-electron chi connectivity index (χ4n) is 2.13. The summed E-state index contributed by atoms with van der Waals surface area (Å²) in [5.41, 5.74) is 8.47. The number of amides is 1. The van der Waals surface area contributed by atoms with Gasteiger partial charge in [-0.2, -0.15) is 0 Å². The lowest BCUT2D eigenvalue weighted by Crippen LogP contribution is -2.24. The highest BCUT2D eigenvalue weighted by molar-refractivity contribution is 5.49. The Morgan fingerprint density at radius 1 is 1.36 bits per heavy atom. The van der Waals surface area contributed by atoms with Crippen molar-refractivity contribution in [1.82, 2.24) is 5.32 Å². The van der Waals surface area contributed by atoms with Crippen LogP contribution in [0.4, 0.5) is 5.69 Å². The fourth-order valence-corrected chi connectivity index (χ4v) is 2.13. The molecule has 1 fully saturated rings. The first-order valence-corrected chi connectivity index (χ1v) is 7.48. The molecule has 120 valence electrons. The zero-order chi connectivity index (χ0) is 15.6. The second-order valence-corrected chi connectivity index (χ2v) is 5.17. The summed E-state index contributed by atoms with van der Waals surface area (Å²) >= 11 is 0. The van der Waals surface area contributed by atoms with Gasteiger partial charge in [-0.15, -0.1) is 0 Å². The van der Waals surface area contributed by atoms with Crippen molar-refractivity contribution >= 4 is 12.1 Å². The molecule has 2 rings (SSSR count). The number of carbonyl (C=O) groups excluding carboxylic acids is 1. The minimum atomic E-state index is -0.134. The van der Waals surface area contributed by atoms with E-state index in [9.17, 15) is 4.79 Å². The first-order valence-electron chi connectivity index (χ1n) is 7.48. The number of hydrogen-bond acceptors (Lipinski definition) is 5. The molecule has 1 saturated heterocycles. The highest BCUT2D eigenvalue weighted by Gasteiger charge is 2.13. The summed E-state index contributed by atoms with van der Waals surface area (Å²) in [5.74, 6) is 0. The number of ether oxygens (including phenoxy) is 2. The minimum absolute atomic E-state index is 0.134. The molecule has 1 aliphatic heterocycles. The average Bonchev–Trinajstić information content (AvgIpc) is 2.58. The van der Waals surface area contributed by atoms with E-state index in [2.05, 4.69) is 10.6 Å². The summed E-state index contributed by atoms with van der Waals surface area (Å²) in [6.07, 6.45) is 5.44. The van der Waals surface area contributed by atoms with E-state index in [0.29, 0.717) is 25.3 Å². The molecule has 1 unspecified atom stereocenters. The molecule has 6 heteroatoms. The highest BCUT2D eigenvalue weighted by Crippen LogP contribution is 2.14. The van der Waals surface area contributed by atoms with Gasteiger partial charge >= 0.3 is 0 Å². The van der Waals surface area contributed by atoms with Crippen LogP contribution in [0.2, 0.25) is 0 Å². The summed E-state index contributed by atoms with van der Waals surface area (Å²) in [6.45, 7) is 1.63. The smallest absolute Gasteiger partial charge is 0.207 e. The van der Waals surface area contributed by atoms with Gasteiger partial charge in [0.15, 0.2) is 6.29 Å². The SMILES string of the molecule is N/C(=C\Nc1ccc(CNC=O)cc1)COC1CCCCO1. The van der Waals surface area contributed by atoms with Gasteiger partial charge in [-0.25, -0.2) is 0 Å². The third kappa shape index (κ3) is 5.75. The third-order valence-electron chi connectivity index (χ3n) is 3.34. The van der Waals surface area contributed by atoms with Gasteiger partial charge in [-0.3, -0.25) is 4.79 Å². The molecule has 1 heterocycles. The van der Waals surface area contributed by atoms with Crippen molar-refractivity contribution in [3.05, 3.63) is 41.7 Å². The molecule has 1 atom stereocenters. The number of anilines is 1. The van der Waals surface area contributed by atoms with E-state index in [1.165, 1.54) is 0 Å². The van der Waals surface area contributed by atoms with Crippen molar-refractivity contribution in [2.45, 2.75) is 32.1 Å². The van der Waals surface area contributed by atoms with Crippen molar-refractivity contribution < 1.29 is 14.3 Å². The summed E-state index contributed by atoms with van der Waals surface area (Å²) < 4.78 is 11.1. The second-order valence-electron chi connectivity index (χ2n) is 5.17. The lowest BCUT2D eigenvalue weighted by atomic mass is 10.2. The molecule has 0 aliphatic carbocycles. The van der Waals surface area contributed by atoms with Crippen LogP contribution in [0.15, 0.2) is 36.2 Å². The second kappa shape index (κ2) is 9.07. The monoisotopic (exact) mass is 305 g/mol. The Morgan fingerprint density at radius 3 is 2.86 bits per heavy atom. The van der Waals surface area contributed by atoms with E-state index in [1.54, 1.807) is 6.20 Å². The van der Waals surface area contributed by atoms with Gasteiger partial charge in [0.2, 0.25) is 6.41 Å². The van der Waals surface area contributed by atoms with Crippen LogP contribution in [0.25, 0.3) is 0 Å². The van der Waals surface area contributed by atoms with Crippen molar-refractivity contribution in [3.8, 4) is 0 Å². The van der Waals surface area contributed by atoms with Crippen LogP contribution in [0.1, 0.15) is 24.8 Å². The van der Waals surface area contributed by atoms with Crippen LogP contribution in [-0.4, -0.2) is 25.9 Å². The Labute approximate surface area is 130 Å². The maximum Gasteiger partial charge on any atom is 0.207 e. The largest absolute Gasteiger partial charge is 0.399 e. The molecule has 1 amide bonds. The summed E-state index contributed by atoms with van der Waals surface area (Å²) in [4.78, 5) is 10.2. The number of rotatable bonds is 8. The predicted octanol–water partition coefficient (Wildman–Crippen LogP) is 1.69. The summed E-state index contributed by atoms with van der Waals surface area (Å²) in [7, 11) is 0. The molecule has 0 spiro atoms. The van der Waals surface area contributed by atoms with Gasteiger partial charge < -0.3 is 25.8 Å². The molecular weight excluding hydrogens is 282 g/mol. The van der Waals surface area contributed by atoms with Gasteiger partial charge in [0.1, 0.15) is 0 Å². The lowest BCUT2D eigenvalue weighted by molar-refractivity contribution is -0.157. The molecule has 0 radical (unpaired) electrons. The van der Waals surface area contributed by atoms with Crippen LogP contribution in [-0.2, 0) is 20.8 Å². The standard InChI is InChI=1S/C16H23N3O3/c17-14(11-22-16-3-1-2-8-21-16)10-19-15-6-4-13(5-7-15)9-18-12-20/h4-7,10,12,16,19H,1-3,8-9,11,17H2,(H,18,20)/b14-10-. The van der Waals surface area contributed by atoms with Gasteiger partial charge in [0, 0.05) is 25.0 Å². The quantitative estimate of drug-likeness (QED) is 0.636. The molecule has 1 aliphatic rings. The number of carbonyl (C=O) groups is 1.